The van der Waals surface area contributed by atoms with Crippen LogP contribution in [0, 0.1) is 47.3 Å². The number of ketones is 1. The van der Waals surface area contributed by atoms with Gasteiger partial charge in [-0.1, -0.05) is 104 Å². The van der Waals surface area contributed by atoms with Gasteiger partial charge in [0.25, 0.3) is 0 Å². The molecule has 0 aliphatic carbocycles. The first-order chi connectivity index (χ1) is 42.2. The zero-order valence-corrected chi connectivity index (χ0v) is 59.2. The predicted molar refractivity (Wildman–Crippen MR) is 347 cm³/mol. The number of amides is 10. The summed E-state index contributed by atoms with van der Waals surface area (Å²) < 4.78 is 5.74. The molecule has 2 rings (SSSR count). The summed E-state index contributed by atoms with van der Waals surface area (Å²) in [5.74, 6) is -10.7. The molecule has 1 saturated heterocycles. The first-order valence-corrected chi connectivity index (χ1v) is 32.5. The fourth-order valence-electron chi connectivity index (χ4n) is 11.5. The summed E-state index contributed by atoms with van der Waals surface area (Å²) in [7, 11) is 9.95. The SMILES string of the molecule is CC[C@H]1NC(=O)[C@@H]([C@H](O)[C@H](C)CCOc2ncccn2)N(C)C(=O)[C@@H](C(C)C)N(C)C(=O)[C@@H](CC(C)C)N(C)C(=O)[C@@H](CC(C)C)N(C)C(=O)[C@H](C)CC(=O)[C@@H](C)NC(=O)[C@@H](CC(C)C)N(C)C(=O)[C@@H](C(C)C)NC(=O)[C@H](CC(C)C)N(C)C(=O)[C@@H](C)N(C)C1=O. The van der Waals surface area contributed by atoms with Gasteiger partial charge in [-0.15, -0.1) is 0 Å². The van der Waals surface area contributed by atoms with E-state index in [1.165, 1.54) is 100 Å². The lowest BCUT2D eigenvalue weighted by Crippen LogP contribution is -2.64. The highest BCUT2D eigenvalue weighted by Gasteiger charge is 2.46. The topological polar surface area (TPSA) is 302 Å². The molecule has 0 spiro atoms. The smallest absolute Gasteiger partial charge is 0.316 e. The number of nitrogens with one attached hydrogen (secondary N) is 3. The molecule has 25 nitrogen and oxygen atoms in total. The number of aromatic nitrogens is 2. The molecular weight excluding hydrogens is 1170 g/mol. The second kappa shape index (κ2) is 36.5. The minimum Gasteiger partial charge on any atom is -0.463 e. The number of hydrogen-bond donors (Lipinski definition) is 4. The predicted octanol–water partition coefficient (Wildman–Crippen LogP) is 4.04. The van der Waals surface area contributed by atoms with Gasteiger partial charge in [-0.2, -0.15) is 0 Å². The second-order valence-corrected chi connectivity index (χ2v) is 27.7. The highest BCUT2D eigenvalue weighted by molar-refractivity contribution is 6.00. The second-order valence-electron chi connectivity index (χ2n) is 27.7. The summed E-state index contributed by atoms with van der Waals surface area (Å²) in [5.41, 5.74) is 0. The normalized spacial score (nSPS) is 26.6. The van der Waals surface area contributed by atoms with Crippen LogP contribution in [0.15, 0.2) is 18.5 Å². The van der Waals surface area contributed by atoms with Crippen LogP contribution in [0.5, 0.6) is 6.01 Å². The van der Waals surface area contributed by atoms with Gasteiger partial charge in [-0.05, 0) is 99.9 Å². The molecule has 1 fully saturated rings. The summed E-state index contributed by atoms with van der Waals surface area (Å²) >= 11 is 0. The van der Waals surface area contributed by atoms with Gasteiger partial charge in [-0.25, -0.2) is 9.97 Å². The average molecular weight is 1280 g/mol. The Morgan fingerprint density at radius 2 is 0.923 bits per heavy atom. The highest BCUT2D eigenvalue weighted by Crippen LogP contribution is 2.27. The fraction of sp³-hybridized carbons (Fsp3) is 0.773. The van der Waals surface area contributed by atoms with Crippen LogP contribution in [0.2, 0.25) is 0 Å². The Labute approximate surface area is 542 Å². The molecule has 0 radical (unpaired) electrons. The van der Waals surface area contributed by atoms with E-state index in [1.807, 2.05) is 55.4 Å². The van der Waals surface area contributed by atoms with Gasteiger partial charge in [0.05, 0.1) is 18.8 Å². The zero-order chi connectivity index (χ0) is 70.0. The van der Waals surface area contributed by atoms with E-state index >= 15 is 19.2 Å². The van der Waals surface area contributed by atoms with Crippen LogP contribution in [-0.4, -0.2) is 237 Å². The standard InChI is InChI=1S/C66H114N12O13/c1-25-46-61(86)72(18)45(17)60(85)73(19)48(32-37(4)5)57(82)71-52(40(10)11)64(89)74(20)47(31-36(2)3)56(81)69-44(16)51(79)35-43(15)59(84)75(21)49(33-38(6)7)62(87)76(22)50(34-39(8)9)63(88)77(23)53(41(12)13)65(90)78(24)54(58(83)70-46)55(80)42(14)27-30-91-66-67-28-26-29-68-66/h26,28-29,36-50,52-55,80H,25,27,30-35H2,1-24H3,(H,69,81)(H,70,83)(H,71,82)/t42-,43-,44-,45-,46-,47-,48+,49-,50-,52-,53-,54-,55-/m1/s1. The van der Waals surface area contributed by atoms with Crippen molar-refractivity contribution in [2.24, 2.45) is 47.3 Å². The zero-order valence-electron chi connectivity index (χ0n) is 59.2. The third-order valence-electron chi connectivity index (χ3n) is 17.5. The maximum Gasteiger partial charge on any atom is 0.316 e. The molecule has 0 saturated carbocycles. The molecule has 10 amide bonds. The number of carbonyl (C=O) groups is 11. The number of aliphatic hydroxyl groups excluding tert-OH is 1. The van der Waals surface area contributed by atoms with Crippen molar-refractivity contribution < 1.29 is 62.6 Å². The van der Waals surface area contributed by atoms with Crippen molar-refractivity contribution in [3.63, 3.8) is 0 Å². The summed E-state index contributed by atoms with van der Waals surface area (Å²) in [6, 6.07) is -10.8. The number of likely N-dealkylation sites (N-methyl/N-ethyl adjacent to an activating group) is 7. The maximum atomic E-state index is 15.3. The van der Waals surface area contributed by atoms with Crippen molar-refractivity contribution in [2.45, 2.75) is 229 Å². The maximum absolute atomic E-state index is 15.3. The largest absolute Gasteiger partial charge is 0.463 e. The van der Waals surface area contributed by atoms with E-state index in [-0.39, 0.29) is 81.2 Å². The van der Waals surface area contributed by atoms with E-state index < -0.39 is 155 Å². The molecule has 91 heavy (non-hydrogen) atoms. The Bertz CT molecular complexity index is 2620. The quantitative estimate of drug-likeness (QED) is 0.171. The number of aliphatic hydroxyl groups is 1. The van der Waals surface area contributed by atoms with Gasteiger partial charge in [0, 0.05) is 74.1 Å². The van der Waals surface area contributed by atoms with E-state index in [0.717, 1.165) is 9.80 Å². The summed E-state index contributed by atoms with van der Waals surface area (Å²) in [4.78, 5) is 179. The lowest BCUT2D eigenvalue weighted by molar-refractivity contribution is -0.157. The van der Waals surface area contributed by atoms with Gasteiger partial charge in [-0.3, -0.25) is 52.7 Å². The molecule has 13 atom stereocenters. The third kappa shape index (κ3) is 22.2. The van der Waals surface area contributed by atoms with Crippen LogP contribution in [0.1, 0.15) is 163 Å². The first-order valence-electron chi connectivity index (χ1n) is 32.5. The van der Waals surface area contributed by atoms with E-state index in [9.17, 15) is 38.7 Å². The molecule has 4 N–H and O–H groups in total. The number of Topliss-reactive ketones (excluding diaryl/α,β-unsaturated/α-hetero) is 1. The Morgan fingerprint density at radius 3 is 1.38 bits per heavy atom. The van der Waals surface area contributed by atoms with E-state index in [1.54, 1.807) is 54.5 Å². The Balaban J connectivity index is 3.00. The van der Waals surface area contributed by atoms with Crippen molar-refractivity contribution in [2.75, 3.05) is 55.9 Å². The molecule has 1 aromatic rings. The molecule has 0 unspecified atom stereocenters. The van der Waals surface area contributed by atoms with Crippen LogP contribution >= 0.6 is 0 Å². The van der Waals surface area contributed by atoms with Gasteiger partial charge >= 0.3 is 6.01 Å². The van der Waals surface area contributed by atoms with Crippen LogP contribution in [0.4, 0.5) is 0 Å². The molecule has 2 heterocycles. The summed E-state index contributed by atoms with van der Waals surface area (Å²) in [6.45, 7) is 29.7. The van der Waals surface area contributed by atoms with Crippen molar-refractivity contribution in [3.05, 3.63) is 18.5 Å². The van der Waals surface area contributed by atoms with Crippen molar-refractivity contribution in [3.8, 4) is 6.01 Å². The summed E-state index contributed by atoms with van der Waals surface area (Å²) in [6.07, 6.45) is 1.77. The van der Waals surface area contributed by atoms with Crippen LogP contribution in [0.3, 0.4) is 0 Å². The number of rotatable bonds is 17. The number of carbonyl (C=O) groups excluding carboxylic acids is 11. The lowest BCUT2D eigenvalue weighted by Gasteiger charge is -2.41. The summed E-state index contributed by atoms with van der Waals surface area (Å²) in [5, 5.41) is 20.8. The lowest BCUT2D eigenvalue weighted by atomic mass is 9.91. The number of ether oxygens (including phenoxy) is 1. The highest BCUT2D eigenvalue weighted by atomic mass is 16.5. The van der Waals surface area contributed by atoms with Crippen molar-refractivity contribution in [1.82, 2.24) is 60.2 Å². The van der Waals surface area contributed by atoms with Crippen molar-refractivity contribution >= 4 is 64.9 Å². The van der Waals surface area contributed by atoms with Gasteiger partial charge < -0.3 is 60.1 Å². The average Bonchev–Trinajstić information content (AvgIpc) is 0.883. The van der Waals surface area contributed by atoms with Gasteiger partial charge in [0.15, 0.2) is 5.78 Å². The van der Waals surface area contributed by atoms with Crippen LogP contribution in [0.25, 0.3) is 0 Å². The van der Waals surface area contributed by atoms with E-state index in [0.29, 0.717) is 0 Å². The molecule has 0 bridgehead atoms. The molecule has 1 aliphatic rings. The molecule has 0 aromatic carbocycles. The molecular formula is C66H114N12O13. The van der Waals surface area contributed by atoms with Crippen molar-refractivity contribution in [1.29, 1.82) is 0 Å². The molecule has 516 valence electrons. The Kier molecular flexibility index (Phi) is 32.2. The van der Waals surface area contributed by atoms with Gasteiger partial charge in [0.2, 0.25) is 59.1 Å². The Morgan fingerprint density at radius 1 is 0.495 bits per heavy atom. The minimum absolute atomic E-state index is 0.00302. The Hall–Kier alpha value is -6.79. The third-order valence-corrected chi connectivity index (χ3v) is 17.5. The fourth-order valence-corrected chi connectivity index (χ4v) is 11.5. The molecule has 1 aromatic heterocycles. The van der Waals surface area contributed by atoms with Crippen LogP contribution in [-0.2, 0) is 52.7 Å². The molecule has 1 aliphatic heterocycles. The first kappa shape index (κ1) is 80.3. The van der Waals surface area contributed by atoms with E-state index in [2.05, 4.69) is 25.9 Å². The number of hydrogen-bond acceptors (Lipinski definition) is 15. The van der Waals surface area contributed by atoms with Gasteiger partial charge in [0.1, 0.15) is 54.4 Å². The molecule has 25 heteroatoms. The monoisotopic (exact) mass is 1280 g/mol. The van der Waals surface area contributed by atoms with E-state index in [4.69, 9.17) is 4.74 Å². The number of nitrogens with zero attached hydrogens (tertiary/aromatic N) is 9. The minimum atomic E-state index is -1.70. The van der Waals surface area contributed by atoms with Crippen LogP contribution < -0.4 is 20.7 Å².